The Balaban J connectivity index is 0.893. The van der Waals surface area contributed by atoms with Crippen LogP contribution in [0.5, 0.6) is 0 Å². The van der Waals surface area contributed by atoms with Gasteiger partial charge in [0.05, 0.1) is 0 Å². The summed E-state index contributed by atoms with van der Waals surface area (Å²) in [4.78, 5) is 0. The van der Waals surface area contributed by atoms with Gasteiger partial charge in [-0.1, -0.05) is 261 Å². The van der Waals surface area contributed by atoms with Gasteiger partial charge in [-0.15, -0.1) is 0 Å². The molecule has 0 heteroatoms. The monoisotopic (exact) mass is 912 g/mol. The molecule has 0 N–H and O–H groups in total. The van der Waals surface area contributed by atoms with Crippen LogP contribution < -0.4 is 0 Å². The van der Waals surface area contributed by atoms with Crippen LogP contribution in [0.3, 0.4) is 0 Å². The van der Waals surface area contributed by atoms with Crippen LogP contribution in [0.4, 0.5) is 0 Å². The largest absolute Gasteiger partial charge is 0.0622 e. The van der Waals surface area contributed by atoms with Crippen LogP contribution in [-0.2, 0) is 0 Å². The normalized spacial score (nSPS) is 11.8. The molecule has 0 heterocycles. The molecule has 336 valence electrons. The molecule has 0 aliphatic rings. The number of fused-ring (bicyclic) bond motifs is 5. The molecule has 0 fully saturated rings. The number of hydrogen-bond acceptors (Lipinski definition) is 0. The highest BCUT2D eigenvalue weighted by Crippen LogP contribution is 2.48. The van der Waals surface area contributed by atoms with Gasteiger partial charge in [-0.2, -0.15) is 0 Å². The molecule has 0 aromatic heterocycles. The van der Waals surface area contributed by atoms with E-state index in [0.717, 1.165) is 0 Å². The zero-order valence-corrected chi connectivity index (χ0v) is 39.7. The summed E-state index contributed by atoms with van der Waals surface area (Å²) in [5.41, 5.74) is 16.9. The van der Waals surface area contributed by atoms with E-state index in [1.165, 1.54) is 132 Å². The van der Waals surface area contributed by atoms with E-state index >= 15 is 0 Å². The molecule has 0 saturated carbocycles. The van der Waals surface area contributed by atoms with Gasteiger partial charge in [0.15, 0.2) is 0 Å². The van der Waals surface area contributed by atoms with Gasteiger partial charge in [-0.3, -0.25) is 0 Å². The summed E-state index contributed by atoms with van der Waals surface area (Å²) in [6.45, 7) is 0. The van der Waals surface area contributed by atoms with E-state index in [0.29, 0.717) is 0 Å². The molecule has 0 radical (unpaired) electrons. The molecule has 0 atom stereocenters. The van der Waals surface area contributed by atoms with Crippen LogP contribution in [0.25, 0.3) is 134 Å². The Morgan fingerprint density at radius 2 is 0.569 bits per heavy atom. The fourth-order valence-electron chi connectivity index (χ4n) is 10.7. The fourth-order valence-corrected chi connectivity index (χ4v) is 10.7. The molecular formula is C72H48. The number of hydrogen-bond donors (Lipinski definition) is 0. The molecular weight excluding hydrogens is 865 g/mol. The Bertz CT molecular complexity index is 4210. The van der Waals surface area contributed by atoms with Gasteiger partial charge in [0.2, 0.25) is 0 Å². The minimum Gasteiger partial charge on any atom is -0.0622 e. The molecule has 0 nitrogen and oxygen atoms in total. The zero-order chi connectivity index (χ0) is 47.8. The molecule has 13 rings (SSSR count). The van der Waals surface area contributed by atoms with Crippen molar-refractivity contribution in [3.05, 3.63) is 289 Å². The highest BCUT2D eigenvalue weighted by molar-refractivity contribution is 6.25. The first kappa shape index (κ1) is 42.7. The Morgan fingerprint density at radius 1 is 0.194 bits per heavy atom. The Morgan fingerprint density at radius 3 is 1.15 bits per heavy atom. The van der Waals surface area contributed by atoms with E-state index in [1.807, 2.05) is 0 Å². The molecule has 0 bridgehead atoms. The van der Waals surface area contributed by atoms with Crippen LogP contribution >= 0.6 is 0 Å². The summed E-state index contributed by atoms with van der Waals surface area (Å²) < 4.78 is 0. The maximum absolute atomic E-state index is 2.36. The van der Waals surface area contributed by atoms with Gasteiger partial charge < -0.3 is 0 Å². The average Bonchev–Trinajstić information content (AvgIpc) is 3.45. The van der Waals surface area contributed by atoms with Crippen molar-refractivity contribution < 1.29 is 0 Å². The summed E-state index contributed by atoms with van der Waals surface area (Å²) in [7, 11) is 0. The Kier molecular flexibility index (Phi) is 11.0. The summed E-state index contributed by atoms with van der Waals surface area (Å²) in [5.74, 6) is 0. The first-order valence-corrected chi connectivity index (χ1v) is 24.9. The number of benzene rings is 13. The average molecular weight is 913 g/mol. The predicted molar refractivity (Wildman–Crippen MR) is 312 cm³/mol. The van der Waals surface area contributed by atoms with E-state index in [2.05, 4.69) is 291 Å². The minimum absolute atomic E-state index is 1.19. The fraction of sp³-hybridized carbons (Fsp3) is 0. The molecule has 0 amide bonds. The third-order valence-corrected chi connectivity index (χ3v) is 14.4. The third kappa shape index (κ3) is 8.26. The first-order valence-electron chi connectivity index (χ1n) is 24.9. The van der Waals surface area contributed by atoms with E-state index in [-0.39, 0.29) is 0 Å². The van der Waals surface area contributed by atoms with E-state index in [9.17, 15) is 0 Å². The Hall–Kier alpha value is -9.36. The van der Waals surface area contributed by atoms with Crippen molar-refractivity contribution in [3.63, 3.8) is 0 Å². The summed E-state index contributed by atoms with van der Waals surface area (Å²) >= 11 is 0. The lowest BCUT2D eigenvalue weighted by atomic mass is 9.82. The molecule has 13 aromatic rings. The van der Waals surface area contributed by atoms with Crippen molar-refractivity contribution in [2.75, 3.05) is 0 Å². The maximum atomic E-state index is 2.36. The lowest BCUT2D eigenvalue weighted by Gasteiger charge is -2.21. The van der Waals surface area contributed by atoms with Crippen molar-refractivity contribution in [1.82, 2.24) is 0 Å². The van der Waals surface area contributed by atoms with Crippen molar-refractivity contribution in [2.45, 2.75) is 0 Å². The topological polar surface area (TPSA) is 0 Å². The number of rotatable bonds is 9. The summed E-state index contributed by atoms with van der Waals surface area (Å²) in [6.07, 6.45) is 8.73. The second-order valence-electron chi connectivity index (χ2n) is 18.9. The molecule has 0 spiro atoms. The van der Waals surface area contributed by atoms with Crippen molar-refractivity contribution in [1.29, 1.82) is 0 Å². The molecule has 0 saturated heterocycles. The molecule has 0 aliphatic heterocycles. The van der Waals surface area contributed by atoms with Gasteiger partial charge in [0.1, 0.15) is 0 Å². The second-order valence-corrected chi connectivity index (χ2v) is 18.9. The second kappa shape index (κ2) is 18.5. The van der Waals surface area contributed by atoms with Crippen LogP contribution in [0.1, 0.15) is 22.3 Å². The van der Waals surface area contributed by atoms with Gasteiger partial charge >= 0.3 is 0 Å². The molecule has 13 aromatic carbocycles. The van der Waals surface area contributed by atoms with Crippen LogP contribution in [0, 0.1) is 0 Å². The summed E-state index contributed by atoms with van der Waals surface area (Å²) in [6, 6.07) is 98.0. The van der Waals surface area contributed by atoms with Gasteiger partial charge in [0.25, 0.3) is 0 Å². The van der Waals surface area contributed by atoms with Crippen molar-refractivity contribution >= 4 is 78.2 Å². The van der Waals surface area contributed by atoms with Crippen LogP contribution in [0.15, 0.2) is 267 Å². The molecule has 0 aliphatic carbocycles. The van der Waals surface area contributed by atoms with E-state index in [4.69, 9.17) is 0 Å². The van der Waals surface area contributed by atoms with Gasteiger partial charge in [-0.25, -0.2) is 0 Å². The van der Waals surface area contributed by atoms with E-state index < -0.39 is 0 Å². The smallest absolute Gasteiger partial charge is 0.00141 e. The Labute approximate surface area is 420 Å². The van der Waals surface area contributed by atoms with E-state index in [1.54, 1.807) is 0 Å². The van der Waals surface area contributed by atoms with Crippen LogP contribution in [-0.4, -0.2) is 0 Å². The highest BCUT2D eigenvalue weighted by Gasteiger charge is 2.20. The zero-order valence-electron chi connectivity index (χ0n) is 39.7. The lowest BCUT2D eigenvalue weighted by molar-refractivity contribution is 1.61. The minimum atomic E-state index is 1.19. The predicted octanol–water partition coefficient (Wildman–Crippen LogP) is 20.1. The van der Waals surface area contributed by atoms with Crippen LogP contribution in [0.2, 0.25) is 0 Å². The molecule has 0 unspecified atom stereocenters. The third-order valence-electron chi connectivity index (χ3n) is 14.4. The summed E-state index contributed by atoms with van der Waals surface area (Å²) in [5, 5.41) is 12.4. The lowest BCUT2D eigenvalue weighted by Crippen LogP contribution is -1.93. The van der Waals surface area contributed by atoms with Gasteiger partial charge in [-0.05, 0) is 162 Å². The van der Waals surface area contributed by atoms with Gasteiger partial charge in [0, 0.05) is 0 Å². The quantitative estimate of drug-likeness (QED) is 0.1000. The SMILES string of the molecule is C(=Cc1ccc2cc(-c3ccc(-c4c5ccccc5c(-c5ccc(-c6ccc7cc(C=Cc8ccccc8)ccc7c6)cc5)c5c(-c6ccc7ccccc7c6)cccc45)cc3)ccc2c1)c1ccccc1. The first-order chi connectivity index (χ1) is 35.6. The standard InChI is InChI=1S/C72H48/c1-3-12-49(13-4-1)22-24-51-26-28-63-46-61(41-39-59(63)44-51)54-30-35-56(36-31-54)70-67-18-9-10-19-68(67)71(72-66(20-11-21-69(70)72)65-43-34-53-16-7-8-17-58(53)48-65)57-37-32-55(33-38-57)62-42-40-60-45-52(27-29-64(60)47-62)25-23-50-14-5-2-6-15-50/h1-48H. The maximum Gasteiger partial charge on any atom is -0.00141 e. The highest BCUT2D eigenvalue weighted by atomic mass is 14.2. The van der Waals surface area contributed by atoms with Crippen molar-refractivity contribution in [2.24, 2.45) is 0 Å². The molecule has 72 heavy (non-hydrogen) atoms. The van der Waals surface area contributed by atoms with Crippen molar-refractivity contribution in [3.8, 4) is 55.6 Å².